The van der Waals surface area contributed by atoms with Crippen LogP contribution in [-0.4, -0.2) is 18.4 Å². The molecule has 0 unspecified atom stereocenters. The molecule has 1 atom stereocenters. The molecule has 5 nitrogen and oxygen atoms in total. The molecule has 1 aliphatic rings. The highest BCUT2D eigenvalue weighted by molar-refractivity contribution is 5.91. The fourth-order valence-electron chi connectivity index (χ4n) is 3.24. The van der Waals surface area contributed by atoms with Crippen molar-refractivity contribution in [2.24, 2.45) is 5.92 Å². The maximum atomic E-state index is 12.6. The molecule has 0 saturated carbocycles. The first kappa shape index (κ1) is 19.9. The van der Waals surface area contributed by atoms with Crippen LogP contribution in [-0.2, 0) is 22.6 Å². The number of hydrogen-bond acceptors (Lipinski definition) is 3. The van der Waals surface area contributed by atoms with Crippen LogP contribution in [0.5, 0.6) is 5.75 Å². The number of unbranched alkanes of at least 4 members (excludes halogenated alkanes) is 1. The first-order valence-electron chi connectivity index (χ1n) is 9.94. The van der Waals surface area contributed by atoms with E-state index in [1.165, 1.54) is 5.56 Å². The summed E-state index contributed by atoms with van der Waals surface area (Å²) in [5, 5.41) is 5.93. The Morgan fingerprint density at radius 1 is 1.14 bits per heavy atom. The summed E-state index contributed by atoms with van der Waals surface area (Å²) >= 11 is 0. The quantitative estimate of drug-likeness (QED) is 0.763. The van der Waals surface area contributed by atoms with Crippen LogP contribution >= 0.6 is 0 Å². The van der Waals surface area contributed by atoms with Gasteiger partial charge in [-0.2, -0.15) is 0 Å². The Morgan fingerprint density at radius 2 is 1.93 bits per heavy atom. The molecule has 0 saturated heterocycles. The van der Waals surface area contributed by atoms with Gasteiger partial charge in [-0.25, -0.2) is 0 Å². The van der Waals surface area contributed by atoms with E-state index in [1.54, 1.807) is 0 Å². The number of ether oxygens (including phenoxy) is 1. The van der Waals surface area contributed by atoms with Crippen molar-refractivity contribution in [3.8, 4) is 5.75 Å². The van der Waals surface area contributed by atoms with E-state index in [0.717, 1.165) is 35.4 Å². The molecular formula is C23H28N2O3. The number of benzene rings is 2. The normalized spacial score (nSPS) is 15.3. The highest BCUT2D eigenvalue weighted by atomic mass is 16.5. The molecule has 0 fully saturated rings. The maximum absolute atomic E-state index is 12.6. The molecule has 2 N–H and O–H groups in total. The van der Waals surface area contributed by atoms with Gasteiger partial charge >= 0.3 is 0 Å². The lowest BCUT2D eigenvalue weighted by molar-refractivity contribution is -0.126. The maximum Gasteiger partial charge on any atom is 0.227 e. The van der Waals surface area contributed by atoms with E-state index in [2.05, 4.69) is 17.6 Å². The van der Waals surface area contributed by atoms with Gasteiger partial charge in [0.25, 0.3) is 0 Å². The molecule has 1 aliphatic heterocycles. The topological polar surface area (TPSA) is 67.4 Å². The van der Waals surface area contributed by atoms with Crippen molar-refractivity contribution in [1.82, 2.24) is 5.32 Å². The van der Waals surface area contributed by atoms with E-state index >= 15 is 0 Å². The lowest BCUT2D eigenvalue weighted by Crippen LogP contribution is -2.37. The summed E-state index contributed by atoms with van der Waals surface area (Å²) in [6, 6.07) is 13.8. The molecule has 1 heterocycles. The summed E-state index contributed by atoms with van der Waals surface area (Å²) in [5.41, 5.74) is 3.98. The second-order valence-corrected chi connectivity index (χ2v) is 7.39. The van der Waals surface area contributed by atoms with Gasteiger partial charge in [0.15, 0.2) is 0 Å². The Balaban J connectivity index is 1.57. The van der Waals surface area contributed by atoms with E-state index in [-0.39, 0.29) is 17.7 Å². The molecular weight excluding hydrogens is 352 g/mol. The van der Waals surface area contributed by atoms with Gasteiger partial charge < -0.3 is 15.4 Å². The number of hydrogen-bond donors (Lipinski definition) is 2. The van der Waals surface area contributed by atoms with Gasteiger partial charge in [0.1, 0.15) is 12.4 Å². The first-order chi connectivity index (χ1) is 13.5. The van der Waals surface area contributed by atoms with Gasteiger partial charge in [0.2, 0.25) is 11.8 Å². The summed E-state index contributed by atoms with van der Waals surface area (Å²) in [5.74, 6) is 0.563. The Morgan fingerprint density at radius 3 is 2.68 bits per heavy atom. The van der Waals surface area contributed by atoms with Crippen molar-refractivity contribution >= 4 is 17.5 Å². The second kappa shape index (κ2) is 9.40. The second-order valence-electron chi connectivity index (χ2n) is 7.39. The fourth-order valence-corrected chi connectivity index (χ4v) is 3.24. The van der Waals surface area contributed by atoms with Crippen LogP contribution in [0, 0.1) is 12.8 Å². The van der Waals surface area contributed by atoms with Gasteiger partial charge in [-0.1, -0.05) is 43.2 Å². The van der Waals surface area contributed by atoms with E-state index in [9.17, 15) is 9.59 Å². The molecule has 0 aliphatic carbocycles. The SMILES string of the molecule is CCCCC(=O)Nc1ccc2c(c1)C[C@H](C(=O)NCc1ccc(C)cc1)CO2. The molecule has 0 bridgehead atoms. The first-order valence-corrected chi connectivity index (χ1v) is 9.94. The lowest BCUT2D eigenvalue weighted by atomic mass is 9.95. The number of anilines is 1. The molecule has 2 aromatic carbocycles. The highest BCUT2D eigenvalue weighted by Crippen LogP contribution is 2.30. The Hall–Kier alpha value is -2.82. The zero-order valence-corrected chi connectivity index (χ0v) is 16.6. The highest BCUT2D eigenvalue weighted by Gasteiger charge is 2.26. The Kier molecular flexibility index (Phi) is 6.69. The average Bonchev–Trinajstić information content (AvgIpc) is 2.71. The molecule has 0 radical (unpaired) electrons. The predicted molar refractivity (Wildman–Crippen MR) is 110 cm³/mol. The van der Waals surface area contributed by atoms with Gasteiger partial charge in [0.05, 0.1) is 5.92 Å². The van der Waals surface area contributed by atoms with E-state index < -0.39 is 0 Å². The monoisotopic (exact) mass is 380 g/mol. The van der Waals surface area contributed by atoms with Crippen LogP contribution in [0.4, 0.5) is 5.69 Å². The average molecular weight is 380 g/mol. The molecule has 2 amide bonds. The van der Waals surface area contributed by atoms with Crippen molar-refractivity contribution < 1.29 is 14.3 Å². The van der Waals surface area contributed by atoms with E-state index in [4.69, 9.17) is 4.74 Å². The minimum Gasteiger partial charge on any atom is -0.492 e. The molecule has 148 valence electrons. The smallest absolute Gasteiger partial charge is 0.227 e. The number of fused-ring (bicyclic) bond motifs is 1. The molecule has 5 heteroatoms. The van der Waals surface area contributed by atoms with Crippen LogP contribution in [0.25, 0.3) is 0 Å². The standard InChI is InChI=1S/C23H28N2O3/c1-3-4-5-22(26)25-20-10-11-21-18(13-20)12-19(15-28-21)23(27)24-14-17-8-6-16(2)7-9-17/h6-11,13,19H,3-5,12,14-15H2,1-2H3,(H,24,27)(H,25,26)/t19-/m0/s1. The number of carbonyl (C=O) groups is 2. The number of nitrogens with one attached hydrogen (secondary N) is 2. The molecule has 2 aromatic rings. The molecule has 28 heavy (non-hydrogen) atoms. The number of carbonyl (C=O) groups excluding carboxylic acids is 2. The Bertz CT molecular complexity index is 830. The van der Waals surface area contributed by atoms with E-state index in [1.807, 2.05) is 49.4 Å². The van der Waals surface area contributed by atoms with Gasteiger partial charge in [-0.3, -0.25) is 9.59 Å². The van der Waals surface area contributed by atoms with Gasteiger partial charge in [0, 0.05) is 18.7 Å². The fraction of sp³-hybridized carbons (Fsp3) is 0.391. The zero-order chi connectivity index (χ0) is 19.9. The van der Waals surface area contributed by atoms with E-state index in [0.29, 0.717) is 26.0 Å². The van der Waals surface area contributed by atoms with Crippen molar-refractivity contribution in [1.29, 1.82) is 0 Å². The number of aryl methyl sites for hydroxylation is 1. The van der Waals surface area contributed by atoms with Crippen molar-refractivity contribution in [3.63, 3.8) is 0 Å². The predicted octanol–water partition coefficient (Wildman–Crippen LogP) is 3.99. The molecule has 3 rings (SSSR count). The van der Waals surface area contributed by atoms with Crippen molar-refractivity contribution in [2.45, 2.75) is 46.1 Å². The van der Waals surface area contributed by atoms with Crippen LogP contribution in [0.15, 0.2) is 42.5 Å². The summed E-state index contributed by atoms with van der Waals surface area (Å²) < 4.78 is 5.78. The Labute approximate surface area is 166 Å². The van der Waals surface area contributed by atoms with Crippen LogP contribution in [0.3, 0.4) is 0 Å². The van der Waals surface area contributed by atoms with Crippen LogP contribution < -0.4 is 15.4 Å². The number of amides is 2. The summed E-state index contributed by atoms with van der Waals surface area (Å²) in [7, 11) is 0. The van der Waals surface area contributed by atoms with Crippen LogP contribution in [0.2, 0.25) is 0 Å². The lowest BCUT2D eigenvalue weighted by Gasteiger charge is -2.25. The van der Waals surface area contributed by atoms with Crippen molar-refractivity contribution in [2.75, 3.05) is 11.9 Å². The number of rotatable bonds is 7. The third-order valence-electron chi connectivity index (χ3n) is 4.97. The minimum atomic E-state index is -0.232. The van der Waals surface area contributed by atoms with Crippen LogP contribution in [0.1, 0.15) is 42.9 Å². The third kappa shape index (κ3) is 5.35. The zero-order valence-electron chi connectivity index (χ0n) is 16.6. The largest absolute Gasteiger partial charge is 0.492 e. The summed E-state index contributed by atoms with van der Waals surface area (Å²) in [6.07, 6.45) is 3.00. The third-order valence-corrected chi connectivity index (χ3v) is 4.97. The molecule has 0 aromatic heterocycles. The summed E-state index contributed by atoms with van der Waals surface area (Å²) in [4.78, 5) is 24.5. The summed E-state index contributed by atoms with van der Waals surface area (Å²) in [6.45, 7) is 4.98. The van der Waals surface area contributed by atoms with Crippen molar-refractivity contribution in [3.05, 3.63) is 59.2 Å². The van der Waals surface area contributed by atoms with Gasteiger partial charge in [-0.05, 0) is 49.1 Å². The minimum absolute atomic E-state index is 0.0105. The van der Waals surface area contributed by atoms with Gasteiger partial charge in [-0.15, -0.1) is 0 Å². The molecule has 0 spiro atoms.